The van der Waals surface area contributed by atoms with Gasteiger partial charge in [-0.25, -0.2) is 4.79 Å². The quantitative estimate of drug-likeness (QED) is 0.711. The summed E-state index contributed by atoms with van der Waals surface area (Å²) in [6.07, 6.45) is 0.626. The van der Waals surface area contributed by atoms with E-state index in [0.29, 0.717) is 13.1 Å². The van der Waals surface area contributed by atoms with Crippen LogP contribution in [0, 0.1) is 0 Å². The first kappa shape index (κ1) is 13.6. The molecule has 0 unspecified atom stereocenters. The van der Waals surface area contributed by atoms with Crippen molar-refractivity contribution in [1.29, 1.82) is 0 Å². The first-order chi connectivity index (χ1) is 8.30. The summed E-state index contributed by atoms with van der Waals surface area (Å²) in [4.78, 5) is 13.8. The number of piperidine rings is 1. The number of rotatable bonds is 0. The van der Waals surface area contributed by atoms with E-state index in [4.69, 9.17) is 9.47 Å². The summed E-state index contributed by atoms with van der Waals surface area (Å²) in [6.45, 7) is 10.7. The standard InChI is InChI=1S/C13H24N2O3/c1-12(2,3)18-11(16)15-7-5-13(4)10(9-15)14-6-8-17-13/h10,14H,5-9H2,1-4H3/t10-,13+/m1/s1. The third kappa shape index (κ3) is 2.95. The lowest BCUT2D eigenvalue weighted by Crippen LogP contribution is -2.65. The van der Waals surface area contributed by atoms with Crippen molar-refractivity contribution in [3.05, 3.63) is 0 Å². The summed E-state index contributed by atoms with van der Waals surface area (Å²) in [5, 5.41) is 3.43. The normalized spacial score (nSPS) is 32.9. The van der Waals surface area contributed by atoms with Crippen LogP contribution in [0.4, 0.5) is 4.79 Å². The van der Waals surface area contributed by atoms with E-state index in [-0.39, 0.29) is 17.7 Å². The van der Waals surface area contributed by atoms with Gasteiger partial charge in [0.2, 0.25) is 0 Å². The summed E-state index contributed by atoms with van der Waals surface area (Å²) in [6, 6.07) is 0.201. The third-order valence-electron chi connectivity index (χ3n) is 3.59. The van der Waals surface area contributed by atoms with Crippen LogP contribution < -0.4 is 5.32 Å². The predicted octanol–water partition coefficient (Wildman–Crippen LogP) is 1.37. The fourth-order valence-corrected chi connectivity index (χ4v) is 2.50. The fraction of sp³-hybridized carbons (Fsp3) is 0.923. The summed E-state index contributed by atoms with van der Waals surface area (Å²) in [5.41, 5.74) is -0.578. The highest BCUT2D eigenvalue weighted by Gasteiger charge is 2.43. The Morgan fingerprint density at radius 3 is 2.89 bits per heavy atom. The number of carbonyl (C=O) groups excluding carboxylic acids is 1. The number of morpholine rings is 1. The van der Waals surface area contributed by atoms with Gasteiger partial charge >= 0.3 is 6.09 Å². The van der Waals surface area contributed by atoms with Crippen LogP contribution in [0.25, 0.3) is 0 Å². The first-order valence-electron chi connectivity index (χ1n) is 6.65. The lowest BCUT2D eigenvalue weighted by atomic mass is 9.87. The molecule has 2 saturated heterocycles. The van der Waals surface area contributed by atoms with E-state index in [1.165, 1.54) is 0 Å². The molecule has 0 aliphatic carbocycles. The van der Waals surface area contributed by atoms with Gasteiger partial charge in [-0.3, -0.25) is 0 Å². The van der Waals surface area contributed by atoms with E-state index in [1.54, 1.807) is 4.90 Å². The summed E-state index contributed by atoms with van der Waals surface area (Å²) in [7, 11) is 0. The van der Waals surface area contributed by atoms with Gasteiger partial charge in [-0.2, -0.15) is 0 Å². The molecule has 2 aliphatic rings. The Morgan fingerprint density at radius 2 is 2.22 bits per heavy atom. The zero-order chi connectivity index (χ0) is 13.4. The van der Waals surface area contributed by atoms with E-state index in [0.717, 1.165) is 19.6 Å². The molecule has 1 amide bonds. The minimum atomic E-state index is -0.436. The lowest BCUT2D eigenvalue weighted by molar-refractivity contribution is -0.115. The van der Waals surface area contributed by atoms with Gasteiger partial charge < -0.3 is 19.7 Å². The average Bonchev–Trinajstić information content (AvgIpc) is 2.25. The number of carbonyl (C=O) groups is 1. The second-order valence-electron chi connectivity index (χ2n) is 6.34. The maximum atomic E-state index is 12.0. The molecule has 0 spiro atoms. The summed E-state index contributed by atoms with van der Waals surface area (Å²) >= 11 is 0. The lowest BCUT2D eigenvalue weighted by Gasteiger charge is -2.48. The van der Waals surface area contributed by atoms with Crippen molar-refractivity contribution in [2.75, 3.05) is 26.2 Å². The molecule has 18 heavy (non-hydrogen) atoms. The molecule has 2 aliphatic heterocycles. The Kier molecular flexibility index (Phi) is 3.56. The molecular weight excluding hydrogens is 232 g/mol. The van der Waals surface area contributed by atoms with E-state index in [9.17, 15) is 4.79 Å². The van der Waals surface area contributed by atoms with Crippen molar-refractivity contribution in [2.45, 2.75) is 51.4 Å². The number of amides is 1. The zero-order valence-electron chi connectivity index (χ0n) is 11.8. The molecule has 2 rings (SSSR count). The average molecular weight is 256 g/mol. The molecular formula is C13H24N2O3. The number of nitrogens with one attached hydrogen (secondary N) is 1. The van der Waals surface area contributed by atoms with E-state index in [1.807, 2.05) is 20.8 Å². The molecule has 0 aromatic carbocycles. The minimum absolute atomic E-state index is 0.142. The van der Waals surface area contributed by atoms with Gasteiger partial charge in [-0.15, -0.1) is 0 Å². The summed E-state index contributed by atoms with van der Waals surface area (Å²) in [5.74, 6) is 0. The van der Waals surface area contributed by atoms with Crippen LogP contribution in [0.5, 0.6) is 0 Å². The molecule has 1 N–H and O–H groups in total. The molecule has 2 fully saturated rings. The van der Waals surface area contributed by atoms with E-state index >= 15 is 0 Å². The maximum absolute atomic E-state index is 12.0. The molecule has 0 saturated carbocycles. The van der Waals surface area contributed by atoms with Gasteiger partial charge in [0, 0.05) is 19.6 Å². The van der Waals surface area contributed by atoms with Crippen molar-refractivity contribution < 1.29 is 14.3 Å². The van der Waals surface area contributed by atoms with Gasteiger partial charge in [-0.1, -0.05) is 0 Å². The van der Waals surface area contributed by atoms with Gasteiger partial charge in [0.1, 0.15) is 5.60 Å². The van der Waals surface area contributed by atoms with Crippen LogP contribution in [0.2, 0.25) is 0 Å². The van der Waals surface area contributed by atoms with Crippen molar-refractivity contribution in [2.24, 2.45) is 0 Å². The Labute approximate surface area is 109 Å². The largest absolute Gasteiger partial charge is 0.444 e. The van der Waals surface area contributed by atoms with E-state index in [2.05, 4.69) is 12.2 Å². The molecule has 104 valence electrons. The van der Waals surface area contributed by atoms with Crippen molar-refractivity contribution in [3.8, 4) is 0 Å². The monoisotopic (exact) mass is 256 g/mol. The van der Waals surface area contributed by atoms with Gasteiger partial charge in [0.25, 0.3) is 0 Å². The molecule has 0 bridgehead atoms. The highest BCUT2D eigenvalue weighted by atomic mass is 16.6. The molecule has 0 radical (unpaired) electrons. The molecule has 5 heteroatoms. The fourth-order valence-electron chi connectivity index (χ4n) is 2.50. The Hall–Kier alpha value is -0.810. The van der Waals surface area contributed by atoms with Crippen LogP contribution in [0.1, 0.15) is 34.1 Å². The first-order valence-corrected chi connectivity index (χ1v) is 6.65. The van der Waals surface area contributed by atoms with E-state index < -0.39 is 5.60 Å². The smallest absolute Gasteiger partial charge is 0.410 e. The highest BCUT2D eigenvalue weighted by Crippen LogP contribution is 2.29. The molecule has 2 heterocycles. The Balaban J connectivity index is 1.96. The Bertz CT molecular complexity index is 327. The van der Waals surface area contributed by atoms with Crippen LogP contribution in [0.3, 0.4) is 0 Å². The minimum Gasteiger partial charge on any atom is -0.444 e. The summed E-state index contributed by atoms with van der Waals surface area (Å²) < 4.78 is 11.3. The number of hydrogen-bond donors (Lipinski definition) is 1. The van der Waals surface area contributed by atoms with Crippen LogP contribution in [-0.2, 0) is 9.47 Å². The van der Waals surface area contributed by atoms with Crippen LogP contribution in [0.15, 0.2) is 0 Å². The Morgan fingerprint density at radius 1 is 1.50 bits per heavy atom. The maximum Gasteiger partial charge on any atom is 0.410 e. The number of ether oxygens (including phenoxy) is 2. The predicted molar refractivity (Wildman–Crippen MR) is 68.6 cm³/mol. The van der Waals surface area contributed by atoms with Crippen molar-refractivity contribution in [3.63, 3.8) is 0 Å². The molecule has 2 atom stereocenters. The van der Waals surface area contributed by atoms with Crippen LogP contribution in [-0.4, -0.2) is 54.5 Å². The third-order valence-corrected chi connectivity index (χ3v) is 3.59. The van der Waals surface area contributed by atoms with Gasteiger partial charge in [-0.05, 0) is 34.1 Å². The number of likely N-dealkylation sites (tertiary alicyclic amines) is 1. The van der Waals surface area contributed by atoms with Crippen molar-refractivity contribution >= 4 is 6.09 Å². The van der Waals surface area contributed by atoms with Gasteiger partial charge in [0.15, 0.2) is 0 Å². The number of nitrogens with zero attached hydrogens (tertiary/aromatic N) is 1. The number of hydrogen-bond acceptors (Lipinski definition) is 4. The molecule has 0 aromatic heterocycles. The second-order valence-corrected chi connectivity index (χ2v) is 6.34. The zero-order valence-corrected chi connectivity index (χ0v) is 11.8. The molecule has 0 aromatic rings. The van der Waals surface area contributed by atoms with Gasteiger partial charge in [0.05, 0.1) is 18.2 Å². The topological polar surface area (TPSA) is 50.8 Å². The second kappa shape index (κ2) is 4.70. The SMILES string of the molecule is CC(C)(C)OC(=O)N1CC[C@]2(C)OCCN[C@@H]2C1. The van der Waals surface area contributed by atoms with Crippen LogP contribution >= 0.6 is 0 Å². The van der Waals surface area contributed by atoms with Crippen molar-refractivity contribution in [1.82, 2.24) is 10.2 Å². The highest BCUT2D eigenvalue weighted by molar-refractivity contribution is 5.68. The molecule has 5 nitrogen and oxygen atoms in total. The number of fused-ring (bicyclic) bond motifs is 1.